The Balaban J connectivity index is 1.49. The van der Waals surface area contributed by atoms with E-state index < -0.39 is 15.8 Å². The fourth-order valence-electron chi connectivity index (χ4n) is 3.53. The highest BCUT2D eigenvalue weighted by molar-refractivity contribution is 7.89. The van der Waals surface area contributed by atoms with E-state index in [4.69, 9.17) is 16.3 Å². The van der Waals surface area contributed by atoms with Crippen LogP contribution in [0.15, 0.2) is 23.1 Å². The number of sulfonamides is 1. The van der Waals surface area contributed by atoms with Crippen LogP contribution in [0.4, 0.5) is 4.39 Å². The minimum absolute atomic E-state index is 0.00135. The summed E-state index contributed by atoms with van der Waals surface area (Å²) < 4.78 is 45.9. The molecular weight excluding hydrogens is 367 g/mol. The Morgan fingerprint density at radius 1 is 1.20 bits per heavy atom. The summed E-state index contributed by atoms with van der Waals surface area (Å²) in [6.45, 7) is 4.08. The molecule has 0 radical (unpaired) electrons. The van der Waals surface area contributed by atoms with Crippen molar-refractivity contribution in [2.75, 3.05) is 32.8 Å². The number of likely N-dealkylation sites (tertiary alicyclic amines) is 1. The van der Waals surface area contributed by atoms with Crippen LogP contribution in [0.25, 0.3) is 0 Å². The molecule has 2 aliphatic heterocycles. The van der Waals surface area contributed by atoms with Crippen molar-refractivity contribution in [2.45, 2.75) is 36.6 Å². The van der Waals surface area contributed by atoms with Crippen LogP contribution in [0.2, 0.25) is 5.02 Å². The molecule has 1 N–H and O–H groups in total. The van der Waals surface area contributed by atoms with Crippen molar-refractivity contribution in [1.82, 2.24) is 9.62 Å². The summed E-state index contributed by atoms with van der Waals surface area (Å²) in [7, 11) is -3.66. The molecule has 1 aromatic rings. The Kier molecular flexibility index (Phi) is 6.33. The monoisotopic (exact) mass is 390 g/mol. The number of nitrogens with zero attached hydrogens (tertiary/aromatic N) is 1. The van der Waals surface area contributed by atoms with Gasteiger partial charge in [-0.25, -0.2) is 17.5 Å². The Hall–Kier alpha value is -0.730. The van der Waals surface area contributed by atoms with Gasteiger partial charge in [0.2, 0.25) is 10.0 Å². The van der Waals surface area contributed by atoms with Crippen molar-refractivity contribution < 1.29 is 17.5 Å². The lowest BCUT2D eigenvalue weighted by Crippen LogP contribution is -2.45. The van der Waals surface area contributed by atoms with Gasteiger partial charge in [-0.3, -0.25) is 0 Å². The van der Waals surface area contributed by atoms with E-state index in [2.05, 4.69) is 9.62 Å². The van der Waals surface area contributed by atoms with Crippen LogP contribution in [-0.2, 0) is 14.8 Å². The number of piperidine rings is 1. The first-order valence-corrected chi connectivity index (χ1v) is 10.6. The van der Waals surface area contributed by atoms with Crippen molar-refractivity contribution in [3.8, 4) is 0 Å². The second-order valence-corrected chi connectivity index (χ2v) is 8.92. The molecule has 0 unspecified atom stereocenters. The van der Waals surface area contributed by atoms with Gasteiger partial charge in [0, 0.05) is 25.8 Å². The first kappa shape index (κ1) is 19.0. The van der Waals surface area contributed by atoms with Crippen LogP contribution in [0.3, 0.4) is 0 Å². The van der Waals surface area contributed by atoms with Gasteiger partial charge in [-0.1, -0.05) is 11.6 Å². The Morgan fingerprint density at radius 2 is 1.88 bits per heavy atom. The zero-order valence-corrected chi connectivity index (χ0v) is 15.7. The minimum Gasteiger partial charge on any atom is -0.381 e. The lowest BCUT2D eigenvalue weighted by Gasteiger charge is -2.39. The topological polar surface area (TPSA) is 58.6 Å². The third-order valence-corrected chi connectivity index (χ3v) is 6.83. The number of nitrogens with one attached hydrogen (secondary N) is 1. The van der Waals surface area contributed by atoms with Gasteiger partial charge in [0.15, 0.2) is 0 Å². The average Bonchev–Trinajstić information content (AvgIpc) is 2.63. The maximum Gasteiger partial charge on any atom is 0.240 e. The highest BCUT2D eigenvalue weighted by Crippen LogP contribution is 2.24. The van der Waals surface area contributed by atoms with Crippen LogP contribution in [0.1, 0.15) is 25.7 Å². The number of rotatable bonds is 5. The van der Waals surface area contributed by atoms with E-state index in [0.29, 0.717) is 18.5 Å². The predicted molar refractivity (Wildman–Crippen MR) is 94.7 cm³/mol. The molecule has 0 aliphatic carbocycles. The van der Waals surface area contributed by atoms with E-state index in [-0.39, 0.29) is 9.92 Å². The van der Waals surface area contributed by atoms with E-state index >= 15 is 0 Å². The van der Waals surface area contributed by atoms with Crippen LogP contribution in [0, 0.1) is 11.7 Å². The van der Waals surface area contributed by atoms with Gasteiger partial charge in [-0.15, -0.1) is 0 Å². The lowest BCUT2D eigenvalue weighted by molar-refractivity contribution is 0.0214. The summed E-state index contributed by atoms with van der Waals surface area (Å²) in [5, 5.41) is -0.187. The fraction of sp³-hybridized carbons (Fsp3) is 0.647. The Labute approximate surface area is 153 Å². The van der Waals surface area contributed by atoms with E-state index in [1.165, 1.54) is 6.07 Å². The standard InChI is InChI=1S/C17H24ClFN2O3S/c18-16-11-15(1-2-17(16)19)25(22,23)20-12-13-3-7-21(8-4-13)14-5-9-24-10-6-14/h1-2,11,13-14,20H,3-10,12H2. The third kappa shape index (κ3) is 4.92. The summed E-state index contributed by atoms with van der Waals surface area (Å²) >= 11 is 5.68. The van der Waals surface area contributed by atoms with Crippen molar-refractivity contribution in [2.24, 2.45) is 5.92 Å². The molecule has 3 rings (SSSR count). The van der Waals surface area contributed by atoms with Gasteiger partial charge in [0.05, 0.1) is 9.92 Å². The largest absolute Gasteiger partial charge is 0.381 e. The molecule has 140 valence electrons. The van der Waals surface area contributed by atoms with Gasteiger partial charge < -0.3 is 9.64 Å². The average molecular weight is 391 g/mol. The van der Waals surface area contributed by atoms with Gasteiger partial charge in [0.1, 0.15) is 5.82 Å². The molecule has 0 spiro atoms. The number of ether oxygens (including phenoxy) is 1. The van der Waals surface area contributed by atoms with E-state index in [1.54, 1.807) is 0 Å². The second kappa shape index (κ2) is 8.31. The van der Waals surface area contributed by atoms with Crippen molar-refractivity contribution in [1.29, 1.82) is 0 Å². The van der Waals surface area contributed by atoms with Crippen LogP contribution in [-0.4, -0.2) is 52.2 Å². The molecule has 0 atom stereocenters. The fourth-order valence-corrected chi connectivity index (χ4v) is 4.91. The molecule has 5 nitrogen and oxygen atoms in total. The van der Waals surface area contributed by atoms with Crippen LogP contribution >= 0.6 is 11.6 Å². The molecule has 2 aliphatic rings. The highest BCUT2D eigenvalue weighted by Gasteiger charge is 2.27. The molecule has 0 saturated carbocycles. The van der Waals surface area contributed by atoms with Gasteiger partial charge in [-0.2, -0.15) is 0 Å². The van der Waals surface area contributed by atoms with Gasteiger partial charge >= 0.3 is 0 Å². The molecule has 25 heavy (non-hydrogen) atoms. The first-order chi connectivity index (χ1) is 12.0. The SMILES string of the molecule is O=S(=O)(NCC1CCN(C2CCOCC2)CC1)c1ccc(F)c(Cl)c1. The summed E-state index contributed by atoms with van der Waals surface area (Å²) in [5.41, 5.74) is 0. The van der Waals surface area contributed by atoms with E-state index in [9.17, 15) is 12.8 Å². The maximum atomic E-state index is 13.2. The number of hydrogen-bond acceptors (Lipinski definition) is 4. The maximum absolute atomic E-state index is 13.2. The molecule has 8 heteroatoms. The molecule has 2 heterocycles. The molecule has 2 fully saturated rings. The zero-order chi connectivity index (χ0) is 17.9. The summed E-state index contributed by atoms with van der Waals surface area (Å²) in [4.78, 5) is 2.51. The summed E-state index contributed by atoms with van der Waals surface area (Å²) in [6, 6.07) is 4.06. The normalized spacial score (nSPS) is 21.5. The number of hydrogen-bond donors (Lipinski definition) is 1. The first-order valence-electron chi connectivity index (χ1n) is 8.72. The molecule has 1 aromatic carbocycles. The van der Waals surface area contributed by atoms with Crippen molar-refractivity contribution in [3.63, 3.8) is 0 Å². The van der Waals surface area contributed by atoms with Crippen LogP contribution in [0.5, 0.6) is 0 Å². The number of benzene rings is 1. The number of halogens is 2. The molecule has 0 aromatic heterocycles. The second-order valence-electron chi connectivity index (χ2n) is 6.75. The smallest absolute Gasteiger partial charge is 0.240 e. The lowest BCUT2D eigenvalue weighted by atomic mass is 9.94. The zero-order valence-electron chi connectivity index (χ0n) is 14.1. The van der Waals surface area contributed by atoms with E-state index in [0.717, 1.165) is 64.1 Å². The summed E-state index contributed by atoms with van der Waals surface area (Å²) in [6.07, 6.45) is 4.12. The van der Waals surface area contributed by atoms with Crippen LogP contribution < -0.4 is 4.72 Å². The molecule has 0 bridgehead atoms. The Morgan fingerprint density at radius 3 is 2.52 bits per heavy atom. The van der Waals surface area contributed by atoms with Crippen molar-refractivity contribution in [3.05, 3.63) is 29.0 Å². The third-order valence-electron chi connectivity index (χ3n) is 5.12. The minimum atomic E-state index is -3.66. The molecule has 0 amide bonds. The quantitative estimate of drug-likeness (QED) is 0.839. The predicted octanol–water partition coefficient (Wildman–Crippen LogP) is 2.65. The molecular formula is C17H24ClFN2O3S. The van der Waals surface area contributed by atoms with Crippen molar-refractivity contribution >= 4 is 21.6 Å². The Bertz CT molecular complexity index is 687. The van der Waals surface area contributed by atoms with Gasteiger partial charge in [-0.05, 0) is 62.9 Å². The highest BCUT2D eigenvalue weighted by atomic mass is 35.5. The summed E-state index contributed by atoms with van der Waals surface area (Å²) in [5.74, 6) is -0.303. The molecule has 2 saturated heterocycles. The van der Waals surface area contributed by atoms with Gasteiger partial charge in [0.25, 0.3) is 0 Å². The van der Waals surface area contributed by atoms with E-state index in [1.807, 2.05) is 0 Å².